The zero-order valence-electron chi connectivity index (χ0n) is 14.1. The Kier molecular flexibility index (Phi) is 5.02. The Bertz CT molecular complexity index is 856. The average Bonchev–Trinajstić information content (AvgIpc) is 2.99. The van der Waals surface area contributed by atoms with Crippen LogP contribution >= 0.6 is 11.6 Å². The molecule has 1 aliphatic rings. The normalized spacial score (nSPS) is 15.7. The molecule has 0 bridgehead atoms. The van der Waals surface area contributed by atoms with Crippen molar-refractivity contribution >= 4 is 22.6 Å². The van der Waals surface area contributed by atoms with Gasteiger partial charge in [-0.25, -0.2) is 9.13 Å². The predicted octanol–water partition coefficient (Wildman–Crippen LogP) is 3.78. The van der Waals surface area contributed by atoms with Crippen molar-refractivity contribution in [2.24, 2.45) is 0 Å². The number of hydrogen-bond donors (Lipinski definition) is 0. The van der Waals surface area contributed by atoms with E-state index in [4.69, 9.17) is 21.1 Å². The molecule has 0 atom stereocenters. The Labute approximate surface area is 152 Å². The summed E-state index contributed by atoms with van der Waals surface area (Å²) in [7, 11) is 0. The van der Waals surface area contributed by atoms with E-state index in [0.717, 1.165) is 44.2 Å². The summed E-state index contributed by atoms with van der Waals surface area (Å²) in [6, 6.07) is 16.5. The average molecular weight is 358 g/mol. The monoisotopic (exact) mass is 357 g/mol. The van der Waals surface area contributed by atoms with Gasteiger partial charge in [0.05, 0.1) is 19.8 Å². The SMILES string of the molecule is Clc1cccc(C[n+]2cn(CCC3OCCCO3)c3ccccc32)c1. The van der Waals surface area contributed by atoms with Crippen LogP contribution in [-0.2, 0) is 22.6 Å². The molecule has 0 saturated carbocycles. The first-order valence-electron chi connectivity index (χ1n) is 8.74. The van der Waals surface area contributed by atoms with E-state index in [1.807, 2.05) is 18.2 Å². The molecule has 1 saturated heterocycles. The molecule has 0 unspecified atom stereocenters. The Balaban J connectivity index is 1.57. The quantitative estimate of drug-likeness (QED) is 0.650. The summed E-state index contributed by atoms with van der Waals surface area (Å²) in [4.78, 5) is 0. The summed E-state index contributed by atoms with van der Waals surface area (Å²) < 4.78 is 15.9. The summed E-state index contributed by atoms with van der Waals surface area (Å²) >= 11 is 6.13. The Hall–Kier alpha value is -1.88. The van der Waals surface area contributed by atoms with Crippen LogP contribution < -0.4 is 4.57 Å². The number of benzene rings is 2. The van der Waals surface area contributed by atoms with Crippen molar-refractivity contribution in [3.05, 3.63) is 65.4 Å². The molecule has 3 aromatic rings. The van der Waals surface area contributed by atoms with Crippen LogP contribution in [0.25, 0.3) is 11.0 Å². The number of ether oxygens (including phenoxy) is 2. The van der Waals surface area contributed by atoms with Crippen LogP contribution in [0.15, 0.2) is 54.9 Å². The molecule has 1 fully saturated rings. The first-order chi connectivity index (χ1) is 12.3. The Morgan fingerprint density at radius 2 is 1.92 bits per heavy atom. The number of imidazole rings is 1. The second-order valence-electron chi connectivity index (χ2n) is 6.37. The molecule has 0 radical (unpaired) electrons. The number of para-hydroxylation sites is 2. The molecule has 2 aromatic carbocycles. The van der Waals surface area contributed by atoms with E-state index in [0.29, 0.717) is 0 Å². The summed E-state index contributed by atoms with van der Waals surface area (Å²) in [5.74, 6) is 0. The van der Waals surface area contributed by atoms with Gasteiger partial charge in [-0.1, -0.05) is 35.9 Å². The topological polar surface area (TPSA) is 27.3 Å². The van der Waals surface area contributed by atoms with E-state index in [1.165, 1.54) is 16.6 Å². The zero-order valence-corrected chi connectivity index (χ0v) is 14.9. The van der Waals surface area contributed by atoms with E-state index >= 15 is 0 Å². The van der Waals surface area contributed by atoms with Gasteiger partial charge in [0.15, 0.2) is 17.3 Å². The van der Waals surface area contributed by atoms with Gasteiger partial charge in [-0.15, -0.1) is 0 Å². The molecule has 4 rings (SSSR count). The van der Waals surface area contributed by atoms with Gasteiger partial charge in [0.25, 0.3) is 0 Å². The maximum atomic E-state index is 6.13. The van der Waals surface area contributed by atoms with Gasteiger partial charge in [-0.3, -0.25) is 0 Å². The fraction of sp³-hybridized carbons (Fsp3) is 0.350. The Morgan fingerprint density at radius 3 is 2.76 bits per heavy atom. The number of halogens is 1. The maximum Gasteiger partial charge on any atom is 0.245 e. The van der Waals surface area contributed by atoms with Gasteiger partial charge < -0.3 is 9.47 Å². The van der Waals surface area contributed by atoms with Crippen LogP contribution in [0.5, 0.6) is 0 Å². The fourth-order valence-corrected chi connectivity index (χ4v) is 3.54. The molecular formula is C20H22ClN2O2+. The minimum absolute atomic E-state index is 0.0868. The predicted molar refractivity (Wildman–Crippen MR) is 97.6 cm³/mol. The molecular weight excluding hydrogens is 336 g/mol. The number of nitrogens with zero attached hydrogens (tertiary/aromatic N) is 2. The van der Waals surface area contributed by atoms with Crippen LogP contribution in [-0.4, -0.2) is 24.1 Å². The van der Waals surface area contributed by atoms with Gasteiger partial charge in [0.2, 0.25) is 6.33 Å². The van der Waals surface area contributed by atoms with Gasteiger partial charge in [0, 0.05) is 11.4 Å². The minimum Gasteiger partial charge on any atom is -0.352 e. The zero-order chi connectivity index (χ0) is 17.1. The summed E-state index contributed by atoms with van der Waals surface area (Å²) in [5, 5.41) is 0.772. The van der Waals surface area contributed by atoms with Gasteiger partial charge in [-0.05, 0) is 36.2 Å². The number of rotatable bonds is 5. The maximum absolute atomic E-state index is 6.13. The van der Waals surface area contributed by atoms with Crippen LogP contribution in [0.1, 0.15) is 18.4 Å². The first-order valence-corrected chi connectivity index (χ1v) is 9.12. The van der Waals surface area contributed by atoms with Crippen molar-refractivity contribution in [1.82, 2.24) is 4.57 Å². The van der Waals surface area contributed by atoms with E-state index in [1.54, 1.807) is 0 Å². The highest BCUT2D eigenvalue weighted by molar-refractivity contribution is 6.30. The van der Waals surface area contributed by atoms with Crippen molar-refractivity contribution in [3.63, 3.8) is 0 Å². The summed E-state index contributed by atoms with van der Waals surface area (Å²) in [5.41, 5.74) is 3.63. The lowest BCUT2D eigenvalue weighted by Crippen LogP contribution is -2.33. The van der Waals surface area contributed by atoms with Crippen LogP contribution in [0, 0.1) is 0 Å². The molecule has 1 aromatic heterocycles. The third-order valence-electron chi connectivity index (χ3n) is 4.52. The number of aromatic nitrogens is 2. The van der Waals surface area contributed by atoms with E-state index in [-0.39, 0.29) is 6.29 Å². The van der Waals surface area contributed by atoms with Crippen molar-refractivity contribution in [2.45, 2.75) is 32.2 Å². The highest BCUT2D eigenvalue weighted by atomic mass is 35.5. The third-order valence-corrected chi connectivity index (χ3v) is 4.76. The van der Waals surface area contributed by atoms with Crippen LogP contribution in [0.2, 0.25) is 5.02 Å². The molecule has 2 heterocycles. The fourth-order valence-electron chi connectivity index (χ4n) is 3.33. The highest BCUT2D eigenvalue weighted by Crippen LogP contribution is 2.16. The standard InChI is InChI=1S/C20H22ClN2O2/c21-17-6-3-5-16(13-17)14-23-15-22(18-7-1-2-8-19(18)23)10-9-20-24-11-4-12-25-20/h1-3,5-8,13,15,20H,4,9-12,14H2/q+1. The second-order valence-corrected chi connectivity index (χ2v) is 6.81. The number of aryl methyl sites for hydroxylation is 1. The van der Waals surface area contributed by atoms with Crippen molar-refractivity contribution < 1.29 is 14.0 Å². The molecule has 25 heavy (non-hydrogen) atoms. The van der Waals surface area contributed by atoms with Gasteiger partial charge >= 0.3 is 0 Å². The molecule has 130 valence electrons. The van der Waals surface area contributed by atoms with Crippen LogP contribution in [0.4, 0.5) is 0 Å². The lowest BCUT2D eigenvalue weighted by atomic mass is 10.2. The number of hydrogen-bond acceptors (Lipinski definition) is 2. The lowest BCUT2D eigenvalue weighted by Gasteiger charge is -2.22. The molecule has 4 nitrogen and oxygen atoms in total. The molecule has 0 N–H and O–H groups in total. The first kappa shape index (κ1) is 16.6. The third kappa shape index (κ3) is 3.87. The van der Waals surface area contributed by atoms with E-state index in [9.17, 15) is 0 Å². The van der Waals surface area contributed by atoms with E-state index < -0.39 is 0 Å². The van der Waals surface area contributed by atoms with Crippen molar-refractivity contribution in [1.29, 1.82) is 0 Å². The second kappa shape index (κ2) is 7.56. The van der Waals surface area contributed by atoms with Gasteiger partial charge in [0.1, 0.15) is 6.54 Å². The molecule has 0 aliphatic carbocycles. The smallest absolute Gasteiger partial charge is 0.245 e. The molecule has 0 spiro atoms. The summed E-state index contributed by atoms with van der Waals surface area (Å²) in [6.45, 7) is 3.26. The van der Waals surface area contributed by atoms with Crippen LogP contribution in [0.3, 0.4) is 0 Å². The largest absolute Gasteiger partial charge is 0.352 e. The van der Waals surface area contributed by atoms with E-state index in [2.05, 4.69) is 45.8 Å². The lowest BCUT2D eigenvalue weighted by molar-refractivity contribution is -0.663. The highest BCUT2D eigenvalue weighted by Gasteiger charge is 2.19. The van der Waals surface area contributed by atoms with Crippen molar-refractivity contribution in [2.75, 3.05) is 13.2 Å². The van der Waals surface area contributed by atoms with Crippen molar-refractivity contribution in [3.8, 4) is 0 Å². The molecule has 5 heteroatoms. The Morgan fingerprint density at radius 1 is 1.08 bits per heavy atom. The molecule has 0 amide bonds. The number of fused-ring (bicyclic) bond motifs is 1. The summed E-state index contributed by atoms with van der Waals surface area (Å²) in [6.07, 6.45) is 3.93. The minimum atomic E-state index is -0.0868. The van der Waals surface area contributed by atoms with Gasteiger partial charge in [-0.2, -0.15) is 0 Å². The molecule has 1 aliphatic heterocycles.